The van der Waals surface area contributed by atoms with Gasteiger partial charge in [0.2, 0.25) is 0 Å². The van der Waals surface area contributed by atoms with Gasteiger partial charge in [-0.15, -0.1) is 0 Å². The Morgan fingerprint density at radius 3 is 2.56 bits per heavy atom. The molecule has 1 aliphatic carbocycles. The zero-order valence-corrected chi connectivity index (χ0v) is 12.8. The molecule has 2 atom stereocenters. The standard InChI is InChI=1S/C15H21BrFN/c1-4-15(5-2)12(9-14(15)18-3)11-7-6-10(17)8-13(11)16/h6-8,12,14,18H,4-5,9H2,1-3H3. The fourth-order valence-corrected chi connectivity index (χ4v) is 4.28. The number of hydrogen-bond donors (Lipinski definition) is 1. The van der Waals surface area contributed by atoms with E-state index in [2.05, 4.69) is 35.1 Å². The van der Waals surface area contributed by atoms with E-state index in [9.17, 15) is 4.39 Å². The zero-order valence-electron chi connectivity index (χ0n) is 11.3. The van der Waals surface area contributed by atoms with Crippen LogP contribution in [0.2, 0.25) is 0 Å². The minimum Gasteiger partial charge on any atom is -0.316 e. The Balaban J connectivity index is 2.34. The second-order valence-corrected chi connectivity index (χ2v) is 6.09. The van der Waals surface area contributed by atoms with Crippen LogP contribution >= 0.6 is 15.9 Å². The van der Waals surface area contributed by atoms with Crippen molar-refractivity contribution in [1.29, 1.82) is 0 Å². The van der Waals surface area contributed by atoms with Crippen molar-refractivity contribution in [3.05, 3.63) is 34.1 Å². The van der Waals surface area contributed by atoms with Gasteiger partial charge in [-0.25, -0.2) is 4.39 Å². The van der Waals surface area contributed by atoms with Crippen molar-refractivity contribution < 1.29 is 4.39 Å². The third-order valence-corrected chi connectivity index (χ3v) is 5.55. The highest BCUT2D eigenvalue weighted by molar-refractivity contribution is 9.10. The SMILES string of the molecule is CCC1(CC)C(NC)CC1c1ccc(F)cc1Br. The second kappa shape index (κ2) is 5.30. The van der Waals surface area contributed by atoms with Crippen molar-refractivity contribution in [2.45, 2.75) is 45.1 Å². The van der Waals surface area contributed by atoms with Crippen molar-refractivity contribution in [1.82, 2.24) is 5.32 Å². The molecule has 0 saturated heterocycles. The fraction of sp³-hybridized carbons (Fsp3) is 0.600. The van der Waals surface area contributed by atoms with Crippen LogP contribution in [0.25, 0.3) is 0 Å². The summed E-state index contributed by atoms with van der Waals surface area (Å²) in [6, 6.07) is 5.67. The zero-order chi connectivity index (χ0) is 13.3. The van der Waals surface area contributed by atoms with Crippen LogP contribution in [0.1, 0.15) is 44.6 Å². The summed E-state index contributed by atoms with van der Waals surface area (Å²) in [5.41, 5.74) is 1.57. The number of nitrogens with one attached hydrogen (secondary N) is 1. The lowest BCUT2D eigenvalue weighted by Gasteiger charge is -2.56. The highest BCUT2D eigenvalue weighted by Crippen LogP contribution is 2.58. The van der Waals surface area contributed by atoms with E-state index in [1.165, 1.54) is 5.56 Å². The molecule has 1 nitrogen and oxygen atoms in total. The molecular formula is C15H21BrFN. The summed E-state index contributed by atoms with van der Waals surface area (Å²) >= 11 is 3.51. The molecule has 100 valence electrons. The van der Waals surface area contributed by atoms with Crippen LogP contribution in [-0.4, -0.2) is 13.1 Å². The van der Waals surface area contributed by atoms with Gasteiger partial charge in [0.05, 0.1) is 0 Å². The maximum atomic E-state index is 13.2. The lowest BCUT2D eigenvalue weighted by molar-refractivity contribution is 0.0241. The monoisotopic (exact) mass is 313 g/mol. The van der Waals surface area contributed by atoms with Gasteiger partial charge in [0.15, 0.2) is 0 Å². The molecule has 0 heterocycles. The average Bonchev–Trinajstić information content (AvgIpc) is 2.33. The van der Waals surface area contributed by atoms with Gasteiger partial charge in [-0.05, 0) is 55.3 Å². The molecule has 18 heavy (non-hydrogen) atoms. The number of hydrogen-bond acceptors (Lipinski definition) is 1. The van der Waals surface area contributed by atoms with E-state index in [4.69, 9.17) is 0 Å². The van der Waals surface area contributed by atoms with E-state index in [0.29, 0.717) is 17.4 Å². The summed E-state index contributed by atoms with van der Waals surface area (Å²) in [5, 5.41) is 3.44. The number of halogens is 2. The molecule has 1 aromatic carbocycles. The summed E-state index contributed by atoms with van der Waals surface area (Å²) < 4.78 is 14.1. The highest BCUT2D eigenvalue weighted by Gasteiger charge is 2.52. The molecule has 3 heteroatoms. The molecular weight excluding hydrogens is 293 g/mol. The Kier molecular flexibility index (Phi) is 4.12. The maximum Gasteiger partial charge on any atom is 0.124 e. The van der Waals surface area contributed by atoms with E-state index >= 15 is 0 Å². The molecule has 0 aromatic heterocycles. The highest BCUT2D eigenvalue weighted by atomic mass is 79.9. The fourth-order valence-electron chi connectivity index (χ4n) is 3.65. The van der Waals surface area contributed by atoms with Gasteiger partial charge in [-0.3, -0.25) is 0 Å². The van der Waals surface area contributed by atoms with E-state index in [0.717, 1.165) is 23.7 Å². The van der Waals surface area contributed by atoms with Gasteiger partial charge >= 0.3 is 0 Å². The molecule has 0 spiro atoms. The molecule has 0 amide bonds. The van der Waals surface area contributed by atoms with Gasteiger partial charge in [0, 0.05) is 10.5 Å². The van der Waals surface area contributed by atoms with Crippen molar-refractivity contribution in [2.75, 3.05) is 7.05 Å². The largest absolute Gasteiger partial charge is 0.316 e. The molecule has 0 radical (unpaired) electrons. The molecule has 2 unspecified atom stereocenters. The molecule has 1 aliphatic rings. The molecule has 2 rings (SSSR count). The first kappa shape index (κ1) is 14.0. The van der Waals surface area contributed by atoms with E-state index in [1.807, 2.05) is 13.1 Å². The summed E-state index contributed by atoms with van der Waals surface area (Å²) in [7, 11) is 2.04. The van der Waals surface area contributed by atoms with E-state index < -0.39 is 0 Å². The quantitative estimate of drug-likeness (QED) is 0.864. The Morgan fingerprint density at radius 2 is 2.06 bits per heavy atom. The molecule has 0 bridgehead atoms. The third kappa shape index (κ3) is 2.01. The first-order chi connectivity index (χ1) is 8.58. The van der Waals surface area contributed by atoms with Gasteiger partial charge in [-0.2, -0.15) is 0 Å². The first-order valence-electron chi connectivity index (χ1n) is 6.71. The minimum atomic E-state index is -0.172. The number of benzene rings is 1. The van der Waals surface area contributed by atoms with Crippen molar-refractivity contribution in [3.8, 4) is 0 Å². The van der Waals surface area contributed by atoms with Crippen molar-refractivity contribution in [3.63, 3.8) is 0 Å². The van der Waals surface area contributed by atoms with Crippen LogP contribution in [0.3, 0.4) is 0 Å². The van der Waals surface area contributed by atoms with Crippen LogP contribution in [0.15, 0.2) is 22.7 Å². The van der Waals surface area contributed by atoms with Gasteiger partial charge in [-0.1, -0.05) is 35.8 Å². The molecule has 1 fully saturated rings. The Hall–Kier alpha value is -0.410. The predicted octanol–water partition coefficient (Wildman–Crippen LogP) is 4.47. The first-order valence-corrected chi connectivity index (χ1v) is 7.50. The van der Waals surface area contributed by atoms with Gasteiger partial charge in [0.25, 0.3) is 0 Å². The Labute approximate surface area is 117 Å². The van der Waals surface area contributed by atoms with Crippen LogP contribution in [-0.2, 0) is 0 Å². The Bertz CT molecular complexity index is 429. The van der Waals surface area contributed by atoms with Crippen LogP contribution in [0.4, 0.5) is 4.39 Å². The van der Waals surface area contributed by atoms with Crippen LogP contribution in [0.5, 0.6) is 0 Å². The summed E-state index contributed by atoms with van der Waals surface area (Å²) in [6.07, 6.45) is 3.45. The summed E-state index contributed by atoms with van der Waals surface area (Å²) in [4.78, 5) is 0. The molecule has 0 aliphatic heterocycles. The molecule has 1 saturated carbocycles. The Morgan fingerprint density at radius 1 is 1.39 bits per heavy atom. The topological polar surface area (TPSA) is 12.0 Å². The van der Waals surface area contributed by atoms with Crippen molar-refractivity contribution in [2.24, 2.45) is 5.41 Å². The van der Waals surface area contributed by atoms with Crippen LogP contribution < -0.4 is 5.32 Å². The predicted molar refractivity (Wildman–Crippen MR) is 77.3 cm³/mol. The summed E-state index contributed by atoms with van der Waals surface area (Å²) in [5.74, 6) is 0.355. The maximum absolute atomic E-state index is 13.2. The van der Waals surface area contributed by atoms with Gasteiger partial charge in [0.1, 0.15) is 5.82 Å². The second-order valence-electron chi connectivity index (χ2n) is 5.24. The number of rotatable bonds is 4. The molecule has 1 aromatic rings. The van der Waals surface area contributed by atoms with Crippen molar-refractivity contribution >= 4 is 15.9 Å². The van der Waals surface area contributed by atoms with E-state index in [1.54, 1.807) is 12.1 Å². The van der Waals surface area contributed by atoms with Crippen LogP contribution in [0, 0.1) is 11.2 Å². The lowest BCUT2D eigenvalue weighted by atomic mass is 9.52. The minimum absolute atomic E-state index is 0.172. The lowest BCUT2D eigenvalue weighted by Crippen LogP contribution is -2.57. The van der Waals surface area contributed by atoms with Gasteiger partial charge < -0.3 is 5.32 Å². The van der Waals surface area contributed by atoms with E-state index in [-0.39, 0.29) is 5.82 Å². The summed E-state index contributed by atoms with van der Waals surface area (Å²) in [6.45, 7) is 4.52. The molecule has 1 N–H and O–H groups in total. The third-order valence-electron chi connectivity index (χ3n) is 4.86. The average molecular weight is 314 g/mol. The normalized spacial score (nSPS) is 25.8. The smallest absolute Gasteiger partial charge is 0.124 e.